The van der Waals surface area contributed by atoms with Gasteiger partial charge in [-0.1, -0.05) is 18.2 Å². The second-order valence-corrected chi connectivity index (χ2v) is 5.73. The molecule has 3 rings (SSSR count). The van der Waals surface area contributed by atoms with Crippen LogP contribution >= 0.6 is 0 Å². The maximum atomic E-state index is 14.3. The number of halogens is 5. The predicted molar refractivity (Wildman–Crippen MR) is 87.3 cm³/mol. The van der Waals surface area contributed by atoms with E-state index in [4.69, 9.17) is 5.11 Å². The molecular weight excluding hydrogens is 389 g/mol. The highest BCUT2D eigenvalue weighted by Crippen LogP contribution is 2.33. The fourth-order valence-corrected chi connectivity index (χ4v) is 2.78. The second kappa shape index (κ2) is 6.95. The maximum Gasteiger partial charge on any atom is 0.511 e. The number of pyridine rings is 1. The van der Waals surface area contributed by atoms with Gasteiger partial charge in [0.25, 0.3) is 0 Å². The van der Waals surface area contributed by atoms with Gasteiger partial charge < -0.3 is 14.4 Å². The third-order valence-corrected chi connectivity index (χ3v) is 3.94. The van der Waals surface area contributed by atoms with Crippen LogP contribution in [-0.4, -0.2) is 15.8 Å². The summed E-state index contributed by atoms with van der Waals surface area (Å²) in [4.78, 5) is 23.1. The minimum absolute atomic E-state index is 0.272. The molecule has 2 aromatic carbocycles. The van der Waals surface area contributed by atoms with Gasteiger partial charge >= 0.3 is 12.3 Å². The average Bonchev–Trinajstić information content (AvgIpc) is 2.59. The number of rotatable bonds is 3. The van der Waals surface area contributed by atoms with Crippen molar-refractivity contribution in [1.82, 2.24) is 4.57 Å². The van der Waals surface area contributed by atoms with Gasteiger partial charge in [0, 0.05) is 5.56 Å². The van der Waals surface area contributed by atoms with Crippen LogP contribution in [0.3, 0.4) is 0 Å². The zero-order valence-corrected chi connectivity index (χ0v) is 13.8. The van der Waals surface area contributed by atoms with Crippen LogP contribution in [0.1, 0.15) is 11.1 Å². The van der Waals surface area contributed by atoms with Crippen LogP contribution in [0.2, 0.25) is 0 Å². The molecule has 0 radical (unpaired) electrons. The molecule has 0 aliphatic carbocycles. The number of fused-ring (bicyclic) bond motifs is 1. The van der Waals surface area contributed by atoms with Crippen LogP contribution in [0.5, 0.6) is 5.75 Å². The van der Waals surface area contributed by atoms with E-state index < -0.39 is 52.8 Å². The Morgan fingerprint density at radius 3 is 2.43 bits per heavy atom. The van der Waals surface area contributed by atoms with Gasteiger partial charge in [0.1, 0.15) is 11.6 Å². The first kappa shape index (κ1) is 19.3. The molecule has 0 saturated heterocycles. The third-order valence-electron chi connectivity index (χ3n) is 3.94. The van der Waals surface area contributed by atoms with Gasteiger partial charge in [-0.3, -0.25) is 4.79 Å². The van der Waals surface area contributed by atoms with Crippen molar-refractivity contribution in [2.24, 2.45) is 0 Å². The molecule has 1 N–H and O–H groups in total. The summed E-state index contributed by atoms with van der Waals surface area (Å²) in [5, 5.41) is 8.47. The minimum Gasteiger partial charge on any atom is -0.449 e. The average molecular weight is 399 g/mol. The van der Waals surface area contributed by atoms with Crippen LogP contribution in [0, 0.1) is 11.6 Å². The van der Waals surface area contributed by atoms with Gasteiger partial charge in [-0.2, -0.15) is 13.2 Å². The third kappa shape index (κ3) is 3.53. The van der Waals surface area contributed by atoms with Crippen molar-refractivity contribution >= 4 is 17.1 Å². The van der Waals surface area contributed by atoms with Crippen LogP contribution in [0.25, 0.3) is 10.9 Å². The largest absolute Gasteiger partial charge is 0.511 e. The molecule has 0 aliphatic heterocycles. The van der Waals surface area contributed by atoms with Crippen molar-refractivity contribution in [2.45, 2.75) is 12.7 Å². The highest BCUT2D eigenvalue weighted by Gasteiger charge is 2.34. The van der Waals surface area contributed by atoms with E-state index in [1.165, 1.54) is 12.1 Å². The Bertz CT molecular complexity index is 1140. The summed E-state index contributed by atoms with van der Waals surface area (Å²) in [5.41, 5.74) is -3.21. The van der Waals surface area contributed by atoms with E-state index in [-0.39, 0.29) is 10.9 Å². The SMILES string of the molecule is O=C(O)Oc1cn(Cc2cccc(C(F)(F)F)c2F)c2c(F)cccc2c1=O. The molecule has 0 aliphatic rings. The van der Waals surface area contributed by atoms with Crippen LogP contribution in [0.15, 0.2) is 47.4 Å². The number of nitrogens with zero attached hydrogens (tertiary/aromatic N) is 1. The molecule has 0 saturated carbocycles. The van der Waals surface area contributed by atoms with Crippen molar-refractivity contribution < 1.29 is 36.6 Å². The lowest BCUT2D eigenvalue weighted by Crippen LogP contribution is -2.18. The Morgan fingerprint density at radius 1 is 1.11 bits per heavy atom. The molecule has 1 heterocycles. The maximum absolute atomic E-state index is 14.3. The molecule has 1 aromatic heterocycles. The number of alkyl halides is 3. The quantitative estimate of drug-likeness (QED) is 0.524. The van der Waals surface area contributed by atoms with Gasteiger partial charge in [-0.25, -0.2) is 13.6 Å². The number of para-hydroxylation sites is 1. The summed E-state index contributed by atoms with van der Waals surface area (Å²) in [7, 11) is 0. The fraction of sp³-hybridized carbons (Fsp3) is 0.111. The molecule has 146 valence electrons. The summed E-state index contributed by atoms with van der Waals surface area (Å²) >= 11 is 0. The van der Waals surface area contributed by atoms with Gasteiger partial charge in [-0.15, -0.1) is 0 Å². The number of hydrogen-bond acceptors (Lipinski definition) is 3. The van der Waals surface area contributed by atoms with E-state index in [1.807, 2.05) is 0 Å². The van der Waals surface area contributed by atoms with E-state index >= 15 is 0 Å². The molecule has 0 unspecified atom stereocenters. The van der Waals surface area contributed by atoms with Crippen LogP contribution in [0.4, 0.5) is 26.7 Å². The first-order valence-electron chi connectivity index (χ1n) is 7.66. The van der Waals surface area contributed by atoms with Gasteiger partial charge in [0.05, 0.1) is 29.2 Å². The minimum atomic E-state index is -4.94. The number of hydrogen-bond donors (Lipinski definition) is 1. The fourth-order valence-electron chi connectivity index (χ4n) is 2.78. The molecule has 0 amide bonds. The van der Waals surface area contributed by atoms with Gasteiger partial charge in [-0.05, 0) is 18.2 Å². The normalized spacial score (nSPS) is 11.6. The second-order valence-electron chi connectivity index (χ2n) is 5.73. The molecule has 28 heavy (non-hydrogen) atoms. The summed E-state index contributed by atoms with van der Waals surface area (Å²) < 4.78 is 72.7. The van der Waals surface area contributed by atoms with Gasteiger partial charge in [0.2, 0.25) is 5.43 Å². The Kier molecular flexibility index (Phi) is 4.80. The monoisotopic (exact) mass is 399 g/mol. The smallest absolute Gasteiger partial charge is 0.449 e. The first-order chi connectivity index (χ1) is 13.1. The Morgan fingerprint density at radius 2 is 1.79 bits per heavy atom. The van der Waals surface area contributed by atoms with Gasteiger partial charge in [0.15, 0.2) is 5.75 Å². The number of benzene rings is 2. The predicted octanol–water partition coefficient (Wildman–Crippen LogP) is 4.40. The number of ether oxygens (including phenoxy) is 1. The zero-order valence-electron chi connectivity index (χ0n) is 13.8. The topological polar surface area (TPSA) is 68.5 Å². The number of carboxylic acid groups (broad SMARTS) is 1. The molecule has 0 atom stereocenters. The van der Waals surface area contributed by atoms with E-state index in [0.29, 0.717) is 6.07 Å². The highest BCUT2D eigenvalue weighted by atomic mass is 19.4. The molecule has 0 fully saturated rings. The summed E-state index contributed by atoms with van der Waals surface area (Å²) in [6.07, 6.45) is -5.94. The van der Waals surface area contributed by atoms with Crippen molar-refractivity contribution in [1.29, 1.82) is 0 Å². The van der Waals surface area contributed by atoms with Crippen molar-refractivity contribution in [3.8, 4) is 5.75 Å². The first-order valence-corrected chi connectivity index (χ1v) is 7.66. The lowest BCUT2D eigenvalue weighted by atomic mass is 10.1. The molecule has 0 bridgehead atoms. The highest BCUT2D eigenvalue weighted by molar-refractivity contribution is 5.81. The molecule has 3 aromatic rings. The standard InChI is InChI=1S/C18H10F5NO4/c19-12-6-2-4-10-15(12)24(8-13(16(10)25)28-17(26)27)7-9-3-1-5-11(14(9)20)18(21,22)23/h1-6,8H,7H2,(H,26,27). The lowest BCUT2D eigenvalue weighted by Gasteiger charge is -2.16. The molecule has 10 heteroatoms. The summed E-state index contributed by atoms with van der Waals surface area (Å²) in [5.74, 6) is -3.15. The van der Waals surface area contributed by atoms with Crippen LogP contribution in [-0.2, 0) is 12.7 Å². The van der Waals surface area contributed by atoms with E-state index in [9.17, 15) is 31.5 Å². The molecular formula is C18H10F5NO4. The Balaban J connectivity index is 2.23. The molecule has 0 spiro atoms. The lowest BCUT2D eigenvalue weighted by molar-refractivity contribution is -0.140. The van der Waals surface area contributed by atoms with Crippen molar-refractivity contribution in [3.05, 3.63) is 75.6 Å². The zero-order chi connectivity index (χ0) is 20.6. The van der Waals surface area contributed by atoms with E-state index in [0.717, 1.165) is 29.0 Å². The number of carbonyl (C=O) groups is 1. The van der Waals surface area contributed by atoms with E-state index in [1.54, 1.807) is 0 Å². The van der Waals surface area contributed by atoms with E-state index in [2.05, 4.69) is 4.74 Å². The van der Waals surface area contributed by atoms with Crippen molar-refractivity contribution in [3.63, 3.8) is 0 Å². The summed E-state index contributed by atoms with van der Waals surface area (Å²) in [6, 6.07) is 5.98. The Hall–Kier alpha value is -3.43. The number of aromatic nitrogens is 1. The van der Waals surface area contributed by atoms with Crippen LogP contribution < -0.4 is 10.2 Å². The molecule has 5 nitrogen and oxygen atoms in total. The Labute approximate surface area is 153 Å². The van der Waals surface area contributed by atoms with Crippen molar-refractivity contribution in [2.75, 3.05) is 0 Å². The summed E-state index contributed by atoms with van der Waals surface area (Å²) in [6.45, 7) is -0.608.